The molecule has 20 heavy (non-hydrogen) atoms. The van der Waals surface area contributed by atoms with E-state index in [0.717, 1.165) is 39.3 Å². The highest BCUT2D eigenvalue weighted by atomic mass is 16.5. The summed E-state index contributed by atoms with van der Waals surface area (Å²) in [4.78, 5) is 24.1. The maximum atomic E-state index is 11.4. The van der Waals surface area contributed by atoms with Gasteiger partial charge in [-0.2, -0.15) is 0 Å². The van der Waals surface area contributed by atoms with Crippen molar-refractivity contribution in [3.05, 3.63) is 18.1 Å². The maximum Gasteiger partial charge on any atom is 0.358 e. The van der Waals surface area contributed by atoms with Crippen molar-refractivity contribution in [3.63, 3.8) is 0 Å². The van der Waals surface area contributed by atoms with Gasteiger partial charge >= 0.3 is 5.97 Å². The lowest BCUT2D eigenvalue weighted by molar-refractivity contribution is 0.0593. The lowest BCUT2D eigenvalue weighted by Gasteiger charge is -2.29. The Labute approximate surface area is 118 Å². The predicted molar refractivity (Wildman–Crippen MR) is 76.0 cm³/mol. The summed E-state index contributed by atoms with van der Waals surface area (Å²) in [6, 6.07) is 0. The van der Waals surface area contributed by atoms with Gasteiger partial charge in [-0.05, 0) is 0 Å². The van der Waals surface area contributed by atoms with E-state index in [1.54, 1.807) is 6.20 Å². The van der Waals surface area contributed by atoms with Crippen LogP contribution in [-0.4, -0.2) is 74.3 Å². The zero-order valence-corrected chi connectivity index (χ0v) is 12.0. The molecule has 0 atom stereocenters. The monoisotopic (exact) mass is 279 g/mol. The fraction of sp³-hybridized carbons (Fsp3) is 0.615. The highest BCUT2D eigenvalue weighted by molar-refractivity contribution is 5.87. The lowest BCUT2D eigenvalue weighted by Crippen LogP contribution is -2.46. The highest BCUT2D eigenvalue weighted by Gasteiger charge is 2.13. The second kappa shape index (κ2) is 7.16. The van der Waals surface area contributed by atoms with Crippen molar-refractivity contribution in [1.29, 1.82) is 0 Å². The molecule has 1 fully saturated rings. The van der Waals surface area contributed by atoms with Crippen LogP contribution in [0.4, 0.5) is 5.82 Å². The zero-order chi connectivity index (χ0) is 14.4. The topological polar surface area (TPSA) is 70.6 Å². The first kappa shape index (κ1) is 14.7. The summed E-state index contributed by atoms with van der Waals surface area (Å²) >= 11 is 0. The van der Waals surface area contributed by atoms with Gasteiger partial charge in [0.2, 0.25) is 0 Å². The van der Waals surface area contributed by atoms with E-state index in [0.29, 0.717) is 5.82 Å². The van der Waals surface area contributed by atoms with E-state index in [1.807, 2.05) is 11.9 Å². The molecule has 0 aromatic carbocycles. The molecular formula is C13H21N5O2. The molecule has 2 heterocycles. The number of likely N-dealkylation sites (N-methyl/N-ethyl adjacent to an activating group) is 1. The molecular weight excluding hydrogens is 258 g/mol. The number of methoxy groups -OCH3 is 1. The summed E-state index contributed by atoms with van der Waals surface area (Å²) < 4.78 is 4.65. The molecule has 1 N–H and O–H groups in total. The molecule has 1 aromatic heterocycles. The van der Waals surface area contributed by atoms with Crippen LogP contribution < -0.4 is 10.2 Å². The molecule has 0 spiro atoms. The molecule has 0 radical (unpaired) electrons. The Kier molecular flexibility index (Phi) is 5.25. The fourth-order valence-corrected chi connectivity index (χ4v) is 2.08. The van der Waals surface area contributed by atoms with Crippen molar-refractivity contribution in [2.24, 2.45) is 0 Å². The van der Waals surface area contributed by atoms with E-state index < -0.39 is 5.97 Å². The normalized spacial score (nSPS) is 15.9. The van der Waals surface area contributed by atoms with Gasteiger partial charge in [-0.3, -0.25) is 9.88 Å². The van der Waals surface area contributed by atoms with Crippen LogP contribution in [0.15, 0.2) is 12.4 Å². The number of nitrogens with zero attached hydrogens (tertiary/aromatic N) is 4. The Morgan fingerprint density at radius 1 is 1.45 bits per heavy atom. The Balaban J connectivity index is 1.91. The quantitative estimate of drug-likeness (QED) is 0.736. The number of esters is 1. The molecule has 1 aromatic rings. The first-order valence-corrected chi connectivity index (χ1v) is 6.75. The largest absolute Gasteiger partial charge is 0.464 e. The van der Waals surface area contributed by atoms with Gasteiger partial charge in [0.25, 0.3) is 0 Å². The average Bonchev–Trinajstić information content (AvgIpc) is 2.53. The average molecular weight is 279 g/mol. The number of aromatic nitrogens is 2. The van der Waals surface area contributed by atoms with Crippen molar-refractivity contribution in [3.8, 4) is 0 Å². The number of carbonyl (C=O) groups is 1. The minimum absolute atomic E-state index is 0.235. The fourth-order valence-electron chi connectivity index (χ4n) is 2.08. The molecule has 110 valence electrons. The number of anilines is 1. The molecule has 7 heteroatoms. The van der Waals surface area contributed by atoms with E-state index >= 15 is 0 Å². The summed E-state index contributed by atoms with van der Waals surface area (Å²) in [7, 11) is 3.29. The van der Waals surface area contributed by atoms with E-state index in [2.05, 4.69) is 24.9 Å². The summed E-state index contributed by atoms with van der Waals surface area (Å²) in [6.45, 7) is 6.05. The Bertz CT molecular complexity index is 448. The molecule has 0 aliphatic carbocycles. The number of carbonyl (C=O) groups excluding carboxylic acids is 1. The van der Waals surface area contributed by atoms with Gasteiger partial charge < -0.3 is 15.0 Å². The van der Waals surface area contributed by atoms with Crippen LogP contribution in [0.5, 0.6) is 0 Å². The summed E-state index contributed by atoms with van der Waals surface area (Å²) in [5.41, 5.74) is 0.235. The first-order chi connectivity index (χ1) is 9.70. The van der Waals surface area contributed by atoms with Gasteiger partial charge in [0.05, 0.1) is 19.5 Å². The van der Waals surface area contributed by atoms with Crippen molar-refractivity contribution in [1.82, 2.24) is 20.2 Å². The van der Waals surface area contributed by atoms with Crippen LogP contribution in [0, 0.1) is 0 Å². The predicted octanol–water partition coefficient (Wildman–Crippen LogP) is -0.395. The van der Waals surface area contributed by atoms with Crippen molar-refractivity contribution in [2.75, 3.05) is 58.3 Å². The Morgan fingerprint density at radius 2 is 2.20 bits per heavy atom. The van der Waals surface area contributed by atoms with Gasteiger partial charge in [0.1, 0.15) is 5.82 Å². The summed E-state index contributed by atoms with van der Waals surface area (Å²) in [5, 5.41) is 3.33. The maximum absolute atomic E-state index is 11.4. The van der Waals surface area contributed by atoms with E-state index in [9.17, 15) is 4.79 Å². The van der Waals surface area contributed by atoms with Crippen LogP contribution in [0.1, 0.15) is 10.5 Å². The van der Waals surface area contributed by atoms with E-state index in [4.69, 9.17) is 0 Å². The van der Waals surface area contributed by atoms with Gasteiger partial charge in [0.15, 0.2) is 5.69 Å². The zero-order valence-electron chi connectivity index (χ0n) is 12.0. The third-order valence-corrected chi connectivity index (χ3v) is 3.37. The van der Waals surface area contributed by atoms with Crippen molar-refractivity contribution in [2.45, 2.75) is 0 Å². The standard InChI is InChI=1S/C13H21N5O2/c1-17(7-8-18-5-3-14-4-6-18)12-10-15-9-11(16-12)13(19)20-2/h9-10,14H,3-8H2,1-2H3. The smallest absolute Gasteiger partial charge is 0.358 e. The van der Waals surface area contributed by atoms with Gasteiger partial charge in [-0.15, -0.1) is 0 Å². The minimum Gasteiger partial charge on any atom is -0.464 e. The van der Waals surface area contributed by atoms with Crippen LogP contribution in [0.2, 0.25) is 0 Å². The first-order valence-electron chi connectivity index (χ1n) is 6.75. The lowest BCUT2D eigenvalue weighted by atomic mass is 10.3. The third-order valence-electron chi connectivity index (χ3n) is 3.37. The molecule has 1 saturated heterocycles. The van der Waals surface area contributed by atoms with Gasteiger partial charge in [-0.25, -0.2) is 9.78 Å². The molecule has 0 bridgehead atoms. The molecule has 1 aliphatic rings. The number of rotatable bonds is 5. The SMILES string of the molecule is COC(=O)c1cncc(N(C)CCN2CCNCC2)n1. The van der Waals surface area contributed by atoms with Crippen LogP contribution in [-0.2, 0) is 4.74 Å². The van der Waals surface area contributed by atoms with Gasteiger partial charge in [-0.1, -0.05) is 0 Å². The number of hydrogen-bond acceptors (Lipinski definition) is 7. The molecule has 0 saturated carbocycles. The van der Waals surface area contributed by atoms with Crippen molar-refractivity contribution >= 4 is 11.8 Å². The molecule has 0 unspecified atom stereocenters. The van der Waals surface area contributed by atoms with Crippen LogP contribution >= 0.6 is 0 Å². The minimum atomic E-state index is -0.463. The highest BCUT2D eigenvalue weighted by Crippen LogP contribution is 2.08. The Morgan fingerprint density at radius 3 is 2.90 bits per heavy atom. The van der Waals surface area contributed by atoms with E-state index in [1.165, 1.54) is 13.3 Å². The third kappa shape index (κ3) is 3.88. The number of hydrogen-bond donors (Lipinski definition) is 1. The Hall–Kier alpha value is -1.73. The van der Waals surface area contributed by atoms with Gasteiger partial charge in [0, 0.05) is 46.3 Å². The van der Waals surface area contributed by atoms with Crippen LogP contribution in [0.25, 0.3) is 0 Å². The second-order valence-electron chi connectivity index (χ2n) is 4.77. The summed E-state index contributed by atoms with van der Waals surface area (Å²) in [5.74, 6) is 0.220. The molecule has 7 nitrogen and oxygen atoms in total. The number of ether oxygens (including phenoxy) is 1. The molecule has 0 amide bonds. The summed E-state index contributed by atoms with van der Waals surface area (Å²) in [6.07, 6.45) is 3.07. The molecule has 1 aliphatic heterocycles. The number of nitrogens with one attached hydrogen (secondary N) is 1. The van der Waals surface area contributed by atoms with E-state index in [-0.39, 0.29) is 5.69 Å². The van der Waals surface area contributed by atoms with Crippen LogP contribution in [0.3, 0.4) is 0 Å². The van der Waals surface area contributed by atoms with Crippen molar-refractivity contribution < 1.29 is 9.53 Å². The second-order valence-corrected chi connectivity index (χ2v) is 4.77. The number of piperazine rings is 1. The molecule has 2 rings (SSSR count).